The standard InChI is InChI=1S/C21H26N4OS/c1-12-7-6-8-15(13(12)2)22-16(26)11-27-19-23-18-17(24-25-19)14-9-10-21(18,5)20(14,3)4/h6-8,14H,9-11H2,1-5H3,(H,22,26). The smallest absolute Gasteiger partial charge is 0.234 e. The summed E-state index contributed by atoms with van der Waals surface area (Å²) in [6.07, 6.45) is 2.31. The maximum absolute atomic E-state index is 12.4. The lowest BCUT2D eigenvalue weighted by molar-refractivity contribution is -0.113. The molecule has 1 fully saturated rings. The molecule has 0 aliphatic heterocycles. The highest BCUT2D eigenvalue weighted by Gasteiger charge is 2.61. The number of amides is 1. The molecule has 2 aliphatic rings. The van der Waals surface area contributed by atoms with E-state index < -0.39 is 0 Å². The average Bonchev–Trinajstić information content (AvgIpc) is 2.96. The number of hydrogen-bond acceptors (Lipinski definition) is 5. The minimum atomic E-state index is -0.0501. The SMILES string of the molecule is Cc1cccc(NC(=O)CSc2nnc3c(n2)C2(C)CCC3C2(C)C)c1C. The van der Waals surface area contributed by atoms with E-state index in [1.807, 2.05) is 32.0 Å². The summed E-state index contributed by atoms with van der Waals surface area (Å²) in [7, 11) is 0. The van der Waals surface area contributed by atoms with Crippen LogP contribution in [0.3, 0.4) is 0 Å². The third kappa shape index (κ3) is 2.76. The van der Waals surface area contributed by atoms with Crippen LogP contribution in [-0.4, -0.2) is 26.8 Å². The molecule has 0 radical (unpaired) electrons. The van der Waals surface area contributed by atoms with Crippen molar-refractivity contribution in [3.8, 4) is 0 Å². The van der Waals surface area contributed by atoms with Crippen LogP contribution in [0, 0.1) is 19.3 Å². The summed E-state index contributed by atoms with van der Waals surface area (Å²) in [6, 6.07) is 5.92. The zero-order valence-corrected chi connectivity index (χ0v) is 17.4. The highest BCUT2D eigenvalue weighted by molar-refractivity contribution is 7.99. The number of thioether (sulfide) groups is 1. The maximum atomic E-state index is 12.4. The molecule has 1 aromatic carbocycles. The fraction of sp³-hybridized carbons (Fsp3) is 0.524. The summed E-state index contributed by atoms with van der Waals surface area (Å²) in [6.45, 7) is 11.0. The first-order chi connectivity index (χ1) is 12.7. The summed E-state index contributed by atoms with van der Waals surface area (Å²) in [5, 5.41) is 12.4. The number of aryl methyl sites for hydroxylation is 1. The Balaban J connectivity index is 1.46. The van der Waals surface area contributed by atoms with Crippen LogP contribution < -0.4 is 5.32 Å². The number of carbonyl (C=O) groups is 1. The van der Waals surface area contributed by atoms with Crippen LogP contribution in [-0.2, 0) is 10.2 Å². The first-order valence-corrected chi connectivity index (χ1v) is 10.5. The van der Waals surface area contributed by atoms with Gasteiger partial charge in [0.05, 0.1) is 17.1 Å². The fourth-order valence-corrected chi connectivity index (χ4v) is 5.21. The Hall–Kier alpha value is -1.95. The molecule has 2 unspecified atom stereocenters. The van der Waals surface area contributed by atoms with Gasteiger partial charge in [0, 0.05) is 17.0 Å². The second-order valence-electron chi connectivity index (χ2n) is 8.56. The van der Waals surface area contributed by atoms with Gasteiger partial charge in [-0.25, -0.2) is 4.98 Å². The van der Waals surface area contributed by atoms with E-state index in [2.05, 4.69) is 36.3 Å². The van der Waals surface area contributed by atoms with E-state index in [1.165, 1.54) is 11.8 Å². The lowest BCUT2D eigenvalue weighted by Gasteiger charge is -2.33. The van der Waals surface area contributed by atoms with Crippen LogP contribution in [0.4, 0.5) is 5.69 Å². The van der Waals surface area contributed by atoms with E-state index in [4.69, 9.17) is 4.98 Å². The average molecular weight is 383 g/mol. The lowest BCUT2D eigenvalue weighted by atomic mass is 9.70. The minimum absolute atomic E-state index is 0.0501. The molecule has 1 heterocycles. The van der Waals surface area contributed by atoms with Gasteiger partial charge in [-0.2, -0.15) is 5.10 Å². The molecule has 5 nitrogen and oxygen atoms in total. The molecule has 4 rings (SSSR count). The number of rotatable bonds is 4. The number of nitrogens with zero attached hydrogens (tertiary/aromatic N) is 3. The molecule has 2 aromatic rings. The number of hydrogen-bond donors (Lipinski definition) is 1. The van der Waals surface area contributed by atoms with Gasteiger partial charge in [-0.05, 0) is 49.3 Å². The number of benzene rings is 1. The van der Waals surface area contributed by atoms with Gasteiger partial charge in [0.15, 0.2) is 0 Å². The van der Waals surface area contributed by atoms with Crippen molar-refractivity contribution in [3.05, 3.63) is 40.7 Å². The van der Waals surface area contributed by atoms with Gasteiger partial charge in [-0.15, -0.1) is 5.10 Å². The first kappa shape index (κ1) is 18.4. The molecule has 27 heavy (non-hydrogen) atoms. The fourth-order valence-electron chi connectivity index (χ4n) is 4.63. The third-order valence-corrected chi connectivity index (χ3v) is 7.82. The van der Waals surface area contributed by atoms with Crippen molar-refractivity contribution in [2.24, 2.45) is 5.41 Å². The molecule has 6 heteroatoms. The second kappa shape index (κ2) is 6.30. The Morgan fingerprint density at radius 3 is 2.81 bits per heavy atom. The Morgan fingerprint density at radius 1 is 1.26 bits per heavy atom. The molecule has 2 bridgehead atoms. The molecule has 2 atom stereocenters. The van der Waals surface area contributed by atoms with Crippen molar-refractivity contribution in [2.45, 2.75) is 63.9 Å². The lowest BCUT2D eigenvalue weighted by Crippen LogP contribution is -2.32. The summed E-state index contributed by atoms with van der Waals surface area (Å²) >= 11 is 1.35. The Labute approximate surface area is 164 Å². The normalized spacial score (nSPS) is 24.7. The van der Waals surface area contributed by atoms with Crippen molar-refractivity contribution < 1.29 is 4.79 Å². The number of aromatic nitrogens is 3. The van der Waals surface area contributed by atoms with Gasteiger partial charge < -0.3 is 5.32 Å². The highest BCUT2D eigenvalue weighted by atomic mass is 32.2. The quantitative estimate of drug-likeness (QED) is 0.794. The largest absolute Gasteiger partial charge is 0.325 e. The number of nitrogens with one attached hydrogen (secondary N) is 1. The van der Waals surface area contributed by atoms with Crippen LogP contribution in [0.15, 0.2) is 23.4 Å². The van der Waals surface area contributed by atoms with Gasteiger partial charge in [0.1, 0.15) is 0 Å². The molecule has 0 spiro atoms. The maximum Gasteiger partial charge on any atom is 0.234 e. The van der Waals surface area contributed by atoms with Gasteiger partial charge in [-0.1, -0.05) is 44.7 Å². The molecule has 2 aliphatic carbocycles. The summed E-state index contributed by atoms with van der Waals surface area (Å²) < 4.78 is 0. The first-order valence-electron chi connectivity index (χ1n) is 9.48. The van der Waals surface area contributed by atoms with Crippen LogP contribution in [0.25, 0.3) is 0 Å². The van der Waals surface area contributed by atoms with E-state index in [0.717, 1.165) is 41.0 Å². The van der Waals surface area contributed by atoms with E-state index in [-0.39, 0.29) is 22.5 Å². The Bertz CT molecular complexity index is 926. The monoisotopic (exact) mass is 382 g/mol. The predicted octanol–water partition coefficient (Wildman–Crippen LogP) is 4.39. The molecule has 0 saturated heterocycles. The molecular weight excluding hydrogens is 356 g/mol. The molecule has 1 amide bonds. The summed E-state index contributed by atoms with van der Waals surface area (Å²) in [5.41, 5.74) is 5.50. The summed E-state index contributed by atoms with van der Waals surface area (Å²) in [4.78, 5) is 17.2. The second-order valence-corrected chi connectivity index (χ2v) is 9.50. The van der Waals surface area contributed by atoms with Gasteiger partial charge in [0.2, 0.25) is 11.1 Å². The highest BCUT2D eigenvalue weighted by Crippen LogP contribution is 2.66. The zero-order valence-electron chi connectivity index (χ0n) is 16.6. The zero-order chi connectivity index (χ0) is 19.4. The Morgan fingerprint density at radius 2 is 2.04 bits per heavy atom. The van der Waals surface area contributed by atoms with E-state index in [1.54, 1.807) is 0 Å². The molecular formula is C21H26N4OS. The van der Waals surface area contributed by atoms with E-state index >= 15 is 0 Å². The van der Waals surface area contributed by atoms with Gasteiger partial charge in [0.25, 0.3) is 0 Å². The topological polar surface area (TPSA) is 67.8 Å². The molecule has 142 valence electrons. The van der Waals surface area contributed by atoms with Crippen molar-refractivity contribution in [2.75, 3.05) is 11.1 Å². The molecule has 1 aromatic heterocycles. The van der Waals surface area contributed by atoms with Crippen LogP contribution in [0.1, 0.15) is 62.0 Å². The van der Waals surface area contributed by atoms with Crippen molar-refractivity contribution >= 4 is 23.4 Å². The molecule has 1 N–H and O–H groups in total. The van der Waals surface area contributed by atoms with E-state index in [9.17, 15) is 4.79 Å². The third-order valence-electron chi connectivity index (χ3n) is 6.98. The van der Waals surface area contributed by atoms with Crippen molar-refractivity contribution in [3.63, 3.8) is 0 Å². The number of anilines is 1. The van der Waals surface area contributed by atoms with Crippen LogP contribution in [0.5, 0.6) is 0 Å². The van der Waals surface area contributed by atoms with Gasteiger partial charge in [-0.3, -0.25) is 4.79 Å². The van der Waals surface area contributed by atoms with Crippen molar-refractivity contribution in [1.82, 2.24) is 15.2 Å². The van der Waals surface area contributed by atoms with E-state index in [0.29, 0.717) is 11.1 Å². The minimum Gasteiger partial charge on any atom is -0.325 e. The van der Waals surface area contributed by atoms with Crippen LogP contribution in [0.2, 0.25) is 0 Å². The van der Waals surface area contributed by atoms with Crippen molar-refractivity contribution in [1.29, 1.82) is 0 Å². The summed E-state index contributed by atoms with van der Waals surface area (Å²) in [5.74, 6) is 0.673. The number of carbonyl (C=O) groups excluding carboxylic acids is 1. The van der Waals surface area contributed by atoms with Crippen LogP contribution >= 0.6 is 11.8 Å². The number of fused-ring (bicyclic) bond motifs is 5. The predicted molar refractivity (Wildman–Crippen MR) is 108 cm³/mol. The molecule has 1 saturated carbocycles. The van der Waals surface area contributed by atoms with Gasteiger partial charge >= 0.3 is 0 Å². The Kier molecular flexibility index (Phi) is 4.29.